The van der Waals surface area contributed by atoms with Crippen molar-refractivity contribution in [2.75, 3.05) is 6.54 Å². The molecule has 0 aliphatic heterocycles. The van der Waals surface area contributed by atoms with Crippen molar-refractivity contribution in [2.24, 2.45) is 11.1 Å². The van der Waals surface area contributed by atoms with Crippen molar-refractivity contribution in [3.8, 4) is 0 Å². The summed E-state index contributed by atoms with van der Waals surface area (Å²) < 4.78 is 0. The topological polar surface area (TPSA) is 68.0 Å². The number of carbonyl (C=O) groups is 1. The second kappa shape index (κ2) is 4.52. The predicted octanol–water partition coefficient (Wildman–Crippen LogP) is 0.744. The van der Waals surface area contributed by atoms with Crippen LogP contribution < -0.4 is 11.1 Å². The highest BCUT2D eigenvalue weighted by Gasteiger charge is 2.25. The first-order chi connectivity index (χ1) is 6.56. The van der Waals surface area contributed by atoms with Crippen LogP contribution in [-0.4, -0.2) is 17.4 Å². The first kappa shape index (κ1) is 11.1. The Balaban J connectivity index is 2.43. The molecule has 1 rings (SSSR count). The van der Waals surface area contributed by atoms with Gasteiger partial charge in [0.25, 0.3) is 0 Å². The maximum atomic E-state index is 11.6. The monoisotopic (exact) mass is 213 g/mol. The fraction of sp³-hybridized carbons (Fsp3) is 0.556. The molecule has 0 saturated heterocycles. The molecule has 1 amide bonds. The van der Waals surface area contributed by atoms with Gasteiger partial charge in [0.05, 0.1) is 12.0 Å². The van der Waals surface area contributed by atoms with E-state index in [0.717, 1.165) is 5.01 Å². The highest BCUT2D eigenvalue weighted by Crippen LogP contribution is 2.13. The zero-order valence-corrected chi connectivity index (χ0v) is 9.23. The van der Waals surface area contributed by atoms with E-state index in [4.69, 9.17) is 5.73 Å². The molecule has 14 heavy (non-hydrogen) atoms. The number of rotatable bonds is 4. The Morgan fingerprint density at radius 3 is 2.93 bits per heavy atom. The molecule has 0 aromatic carbocycles. The van der Waals surface area contributed by atoms with E-state index in [9.17, 15) is 4.79 Å². The van der Waals surface area contributed by atoms with Gasteiger partial charge in [0.2, 0.25) is 5.91 Å². The lowest BCUT2D eigenvalue weighted by Crippen LogP contribution is -2.41. The Hall–Kier alpha value is -0.940. The summed E-state index contributed by atoms with van der Waals surface area (Å²) in [6, 6.07) is 0. The summed E-state index contributed by atoms with van der Waals surface area (Å²) in [7, 11) is 0. The van der Waals surface area contributed by atoms with Crippen LogP contribution in [0.5, 0.6) is 0 Å². The molecular weight excluding hydrogens is 198 g/mol. The summed E-state index contributed by atoms with van der Waals surface area (Å²) in [6.07, 6.45) is 1.72. The molecule has 1 heterocycles. The highest BCUT2D eigenvalue weighted by molar-refractivity contribution is 7.09. The fourth-order valence-electron chi connectivity index (χ4n) is 0.828. The Labute approximate surface area is 87.5 Å². The third-order valence-corrected chi connectivity index (χ3v) is 2.79. The summed E-state index contributed by atoms with van der Waals surface area (Å²) in [5.74, 6) is -0.0322. The van der Waals surface area contributed by atoms with Crippen LogP contribution in [0.4, 0.5) is 0 Å². The zero-order chi connectivity index (χ0) is 10.6. The van der Waals surface area contributed by atoms with Crippen LogP contribution in [0.1, 0.15) is 18.9 Å². The van der Waals surface area contributed by atoms with Gasteiger partial charge in [-0.2, -0.15) is 0 Å². The fourth-order valence-corrected chi connectivity index (χ4v) is 1.38. The zero-order valence-electron chi connectivity index (χ0n) is 8.41. The summed E-state index contributed by atoms with van der Waals surface area (Å²) in [6.45, 7) is 4.48. The number of aromatic nitrogens is 1. The third kappa shape index (κ3) is 2.78. The van der Waals surface area contributed by atoms with E-state index < -0.39 is 5.41 Å². The lowest BCUT2D eigenvalue weighted by atomic mass is 9.93. The van der Waals surface area contributed by atoms with Gasteiger partial charge in [0.1, 0.15) is 5.01 Å². The molecule has 0 bridgehead atoms. The average molecular weight is 213 g/mol. The number of nitrogens with two attached hydrogens (primary N) is 1. The molecule has 0 aliphatic carbocycles. The van der Waals surface area contributed by atoms with Crippen LogP contribution >= 0.6 is 11.3 Å². The van der Waals surface area contributed by atoms with E-state index in [1.54, 1.807) is 6.20 Å². The van der Waals surface area contributed by atoms with Crippen LogP contribution in [0, 0.1) is 5.41 Å². The summed E-state index contributed by atoms with van der Waals surface area (Å²) in [5, 5.41) is 5.60. The van der Waals surface area contributed by atoms with Crippen molar-refractivity contribution in [2.45, 2.75) is 20.4 Å². The lowest BCUT2D eigenvalue weighted by Gasteiger charge is -2.20. The quantitative estimate of drug-likeness (QED) is 0.775. The minimum Gasteiger partial charge on any atom is -0.349 e. The summed E-state index contributed by atoms with van der Waals surface area (Å²) in [5.41, 5.74) is 4.98. The normalized spacial score (nSPS) is 11.4. The molecule has 3 N–H and O–H groups in total. The molecule has 1 aromatic rings. The molecule has 0 spiro atoms. The van der Waals surface area contributed by atoms with Crippen LogP contribution in [0.15, 0.2) is 11.6 Å². The van der Waals surface area contributed by atoms with E-state index >= 15 is 0 Å². The van der Waals surface area contributed by atoms with Crippen molar-refractivity contribution < 1.29 is 4.79 Å². The molecule has 0 saturated carbocycles. The maximum absolute atomic E-state index is 11.6. The number of hydrogen-bond donors (Lipinski definition) is 2. The van der Waals surface area contributed by atoms with Crippen molar-refractivity contribution in [3.05, 3.63) is 16.6 Å². The van der Waals surface area contributed by atoms with Gasteiger partial charge in [0, 0.05) is 18.1 Å². The largest absolute Gasteiger partial charge is 0.349 e. The number of amides is 1. The van der Waals surface area contributed by atoms with Gasteiger partial charge < -0.3 is 11.1 Å². The van der Waals surface area contributed by atoms with Crippen molar-refractivity contribution in [1.82, 2.24) is 10.3 Å². The lowest BCUT2D eigenvalue weighted by molar-refractivity contribution is -0.129. The number of carbonyl (C=O) groups excluding carboxylic acids is 1. The minimum atomic E-state index is -0.503. The van der Waals surface area contributed by atoms with Gasteiger partial charge in [-0.1, -0.05) is 0 Å². The van der Waals surface area contributed by atoms with E-state index in [-0.39, 0.29) is 5.91 Å². The Bertz CT molecular complexity index is 295. The van der Waals surface area contributed by atoms with Crippen molar-refractivity contribution in [1.29, 1.82) is 0 Å². The first-order valence-electron chi connectivity index (χ1n) is 4.43. The molecule has 4 nitrogen and oxygen atoms in total. The van der Waals surface area contributed by atoms with Gasteiger partial charge in [0.15, 0.2) is 0 Å². The average Bonchev–Trinajstić information content (AvgIpc) is 2.66. The van der Waals surface area contributed by atoms with Gasteiger partial charge in [-0.15, -0.1) is 11.3 Å². The van der Waals surface area contributed by atoms with Gasteiger partial charge in [-0.3, -0.25) is 4.79 Å². The molecule has 0 aliphatic rings. The first-order valence-corrected chi connectivity index (χ1v) is 5.31. The second-order valence-corrected chi connectivity index (χ2v) is 4.68. The summed E-state index contributed by atoms with van der Waals surface area (Å²) >= 11 is 1.53. The minimum absolute atomic E-state index is 0.0322. The van der Waals surface area contributed by atoms with Gasteiger partial charge >= 0.3 is 0 Å². The number of hydrogen-bond acceptors (Lipinski definition) is 4. The molecule has 5 heteroatoms. The molecule has 0 unspecified atom stereocenters. The SMILES string of the molecule is CC(C)(CN)C(=O)NCc1nccs1. The van der Waals surface area contributed by atoms with Crippen molar-refractivity contribution in [3.63, 3.8) is 0 Å². The molecular formula is C9H15N3OS. The van der Waals surface area contributed by atoms with E-state index in [0.29, 0.717) is 13.1 Å². The third-order valence-electron chi connectivity index (χ3n) is 2.01. The predicted molar refractivity (Wildman–Crippen MR) is 56.8 cm³/mol. The van der Waals surface area contributed by atoms with Gasteiger partial charge in [-0.25, -0.2) is 4.98 Å². The second-order valence-electron chi connectivity index (χ2n) is 3.70. The van der Waals surface area contributed by atoms with Crippen LogP contribution in [0.2, 0.25) is 0 Å². The highest BCUT2D eigenvalue weighted by atomic mass is 32.1. The Morgan fingerprint density at radius 2 is 2.43 bits per heavy atom. The van der Waals surface area contributed by atoms with Gasteiger partial charge in [-0.05, 0) is 13.8 Å². The molecule has 78 valence electrons. The van der Waals surface area contributed by atoms with Crippen LogP contribution in [0.25, 0.3) is 0 Å². The number of nitrogens with zero attached hydrogens (tertiary/aromatic N) is 1. The van der Waals surface area contributed by atoms with E-state index in [2.05, 4.69) is 10.3 Å². The van der Waals surface area contributed by atoms with Crippen molar-refractivity contribution >= 4 is 17.2 Å². The Kier molecular flexibility index (Phi) is 3.60. The smallest absolute Gasteiger partial charge is 0.227 e. The molecule has 0 radical (unpaired) electrons. The van der Waals surface area contributed by atoms with Crippen LogP contribution in [-0.2, 0) is 11.3 Å². The summed E-state index contributed by atoms with van der Waals surface area (Å²) in [4.78, 5) is 15.6. The number of thiazole rings is 1. The maximum Gasteiger partial charge on any atom is 0.227 e. The molecule has 1 aromatic heterocycles. The molecule has 0 atom stereocenters. The van der Waals surface area contributed by atoms with E-state index in [1.165, 1.54) is 11.3 Å². The standard InChI is InChI=1S/C9H15N3OS/c1-9(2,6-10)8(13)12-5-7-11-3-4-14-7/h3-4H,5-6,10H2,1-2H3,(H,12,13). The molecule has 0 fully saturated rings. The van der Waals surface area contributed by atoms with Crippen LogP contribution in [0.3, 0.4) is 0 Å². The number of nitrogens with one attached hydrogen (secondary N) is 1. The Morgan fingerprint density at radius 1 is 1.71 bits per heavy atom. The van der Waals surface area contributed by atoms with E-state index in [1.807, 2.05) is 19.2 Å².